The quantitative estimate of drug-likeness (QED) is 0.809. The Morgan fingerprint density at radius 2 is 2.17 bits per heavy atom. The van der Waals surface area contributed by atoms with E-state index in [1.54, 1.807) is 25.1 Å². The predicted octanol–water partition coefficient (Wildman–Crippen LogP) is 2.60. The van der Waals surface area contributed by atoms with Gasteiger partial charge in [-0.1, -0.05) is 18.5 Å². The molecule has 2 unspecified atom stereocenters. The molecule has 0 aromatic heterocycles. The van der Waals surface area contributed by atoms with Crippen molar-refractivity contribution in [3.8, 4) is 5.75 Å². The molecule has 0 radical (unpaired) electrons. The highest BCUT2D eigenvalue weighted by molar-refractivity contribution is 6.32. The number of nitrogens with one attached hydrogen (secondary N) is 1. The minimum absolute atomic E-state index is 0.125. The topological polar surface area (TPSA) is 64.3 Å². The number of halogens is 1. The number of anilines is 1. The van der Waals surface area contributed by atoms with Gasteiger partial charge in [-0.2, -0.15) is 0 Å². The van der Waals surface area contributed by atoms with Crippen molar-refractivity contribution in [2.24, 2.45) is 0 Å². The number of rotatable bonds is 5. The van der Waals surface area contributed by atoms with Crippen LogP contribution in [0.5, 0.6) is 5.75 Å². The lowest BCUT2D eigenvalue weighted by atomic mass is 10.2. The van der Waals surface area contributed by atoms with Crippen LogP contribution in [-0.4, -0.2) is 18.1 Å². The van der Waals surface area contributed by atoms with Crippen LogP contribution in [0.3, 0.4) is 0 Å². The zero-order chi connectivity index (χ0) is 13.7. The van der Waals surface area contributed by atoms with Crippen LogP contribution in [0.4, 0.5) is 5.69 Å². The number of amides is 1. The number of hydrogen-bond donors (Lipinski definition) is 2. The van der Waals surface area contributed by atoms with Gasteiger partial charge >= 0.3 is 0 Å². The van der Waals surface area contributed by atoms with Gasteiger partial charge in [0.15, 0.2) is 6.10 Å². The van der Waals surface area contributed by atoms with E-state index < -0.39 is 6.10 Å². The van der Waals surface area contributed by atoms with E-state index in [0.717, 1.165) is 6.42 Å². The molecule has 0 aliphatic heterocycles. The summed E-state index contributed by atoms with van der Waals surface area (Å²) in [7, 11) is 0. The fraction of sp³-hybridized carbons (Fsp3) is 0.462. The van der Waals surface area contributed by atoms with E-state index in [1.165, 1.54) is 0 Å². The molecule has 0 aliphatic rings. The molecule has 100 valence electrons. The first kappa shape index (κ1) is 14.6. The average molecular weight is 271 g/mol. The van der Waals surface area contributed by atoms with Crippen molar-refractivity contribution in [1.29, 1.82) is 0 Å². The fourth-order valence-electron chi connectivity index (χ4n) is 1.32. The van der Waals surface area contributed by atoms with Crippen LogP contribution >= 0.6 is 11.6 Å². The minimum atomic E-state index is -0.613. The number of benzene rings is 1. The SMILES string of the molecule is CCC(C)NC(=O)C(C)Oc1cc(N)ccc1Cl. The highest BCUT2D eigenvalue weighted by atomic mass is 35.5. The number of carbonyl (C=O) groups is 1. The van der Waals surface area contributed by atoms with E-state index in [9.17, 15) is 4.79 Å². The molecule has 1 amide bonds. The second-order valence-corrected chi connectivity index (χ2v) is 4.68. The van der Waals surface area contributed by atoms with Gasteiger partial charge in [-0.25, -0.2) is 0 Å². The normalized spacial score (nSPS) is 13.8. The summed E-state index contributed by atoms with van der Waals surface area (Å²) < 4.78 is 5.51. The van der Waals surface area contributed by atoms with Gasteiger partial charge in [0.05, 0.1) is 5.02 Å². The van der Waals surface area contributed by atoms with E-state index in [0.29, 0.717) is 16.5 Å². The maximum absolute atomic E-state index is 11.8. The molecule has 0 aliphatic carbocycles. The number of nitrogen functional groups attached to an aromatic ring is 1. The second kappa shape index (κ2) is 6.50. The number of ether oxygens (including phenoxy) is 1. The molecular formula is C13H19ClN2O2. The summed E-state index contributed by atoms with van der Waals surface area (Å²) in [6.45, 7) is 5.63. The van der Waals surface area contributed by atoms with Gasteiger partial charge < -0.3 is 15.8 Å². The molecular weight excluding hydrogens is 252 g/mol. The molecule has 2 atom stereocenters. The maximum atomic E-state index is 11.8. The second-order valence-electron chi connectivity index (χ2n) is 4.27. The molecule has 4 nitrogen and oxygen atoms in total. The lowest BCUT2D eigenvalue weighted by Crippen LogP contribution is -2.41. The first-order valence-corrected chi connectivity index (χ1v) is 6.34. The van der Waals surface area contributed by atoms with Crippen LogP contribution in [0.15, 0.2) is 18.2 Å². The third kappa shape index (κ3) is 4.11. The van der Waals surface area contributed by atoms with Crippen LogP contribution in [0, 0.1) is 0 Å². The maximum Gasteiger partial charge on any atom is 0.260 e. The molecule has 0 spiro atoms. The molecule has 0 saturated carbocycles. The third-order valence-corrected chi connectivity index (χ3v) is 2.94. The summed E-state index contributed by atoms with van der Waals surface area (Å²) in [6.07, 6.45) is 0.260. The molecule has 1 aromatic carbocycles. The summed E-state index contributed by atoms with van der Waals surface area (Å²) in [5.41, 5.74) is 6.19. The summed E-state index contributed by atoms with van der Waals surface area (Å²) in [6, 6.07) is 5.06. The van der Waals surface area contributed by atoms with Crippen molar-refractivity contribution < 1.29 is 9.53 Å². The zero-order valence-corrected chi connectivity index (χ0v) is 11.6. The molecule has 0 bridgehead atoms. The Morgan fingerprint density at radius 1 is 1.50 bits per heavy atom. The molecule has 1 rings (SSSR count). The summed E-state index contributed by atoms with van der Waals surface area (Å²) in [5.74, 6) is 0.256. The fourth-order valence-corrected chi connectivity index (χ4v) is 1.48. The van der Waals surface area contributed by atoms with Gasteiger partial charge in [-0.3, -0.25) is 4.79 Å². The van der Waals surface area contributed by atoms with Gasteiger partial charge in [0.2, 0.25) is 0 Å². The highest BCUT2D eigenvalue weighted by Crippen LogP contribution is 2.27. The lowest BCUT2D eigenvalue weighted by molar-refractivity contribution is -0.127. The number of carbonyl (C=O) groups excluding carboxylic acids is 1. The predicted molar refractivity (Wildman–Crippen MR) is 73.9 cm³/mol. The van der Waals surface area contributed by atoms with E-state index in [-0.39, 0.29) is 11.9 Å². The monoisotopic (exact) mass is 270 g/mol. The Kier molecular flexibility index (Phi) is 5.28. The minimum Gasteiger partial charge on any atom is -0.479 e. The lowest BCUT2D eigenvalue weighted by Gasteiger charge is -2.18. The molecule has 18 heavy (non-hydrogen) atoms. The smallest absolute Gasteiger partial charge is 0.260 e. The molecule has 0 heterocycles. The molecule has 5 heteroatoms. The Morgan fingerprint density at radius 3 is 2.78 bits per heavy atom. The molecule has 0 saturated heterocycles. The average Bonchev–Trinajstić information content (AvgIpc) is 2.33. The Bertz CT molecular complexity index is 423. The Labute approximate surface area is 112 Å². The van der Waals surface area contributed by atoms with Crippen molar-refractivity contribution in [3.05, 3.63) is 23.2 Å². The molecule has 0 fully saturated rings. The van der Waals surface area contributed by atoms with Crippen molar-refractivity contribution in [2.45, 2.75) is 39.3 Å². The summed E-state index contributed by atoms with van der Waals surface area (Å²) in [4.78, 5) is 11.8. The van der Waals surface area contributed by atoms with Crippen molar-refractivity contribution in [3.63, 3.8) is 0 Å². The largest absolute Gasteiger partial charge is 0.479 e. The van der Waals surface area contributed by atoms with Crippen LogP contribution in [0.25, 0.3) is 0 Å². The first-order chi connectivity index (χ1) is 8.43. The molecule has 1 aromatic rings. The van der Waals surface area contributed by atoms with E-state index in [4.69, 9.17) is 22.1 Å². The van der Waals surface area contributed by atoms with Crippen LogP contribution in [-0.2, 0) is 4.79 Å². The number of hydrogen-bond acceptors (Lipinski definition) is 3. The van der Waals surface area contributed by atoms with Crippen molar-refractivity contribution in [2.75, 3.05) is 5.73 Å². The molecule has 3 N–H and O–H groups in total. The van der Waals surface area contributed by atoms with Crippen LogP contribution in [0.1, 0.15) is 27.2 Å². The van der Waals surface area contributed by atoms with Crippen LogP contribution < -0.4 is 15.8 Å². The summed E-state index contributed by atoms with van der Waals surface area (Å²) in [5, 5.41) is 3.28. The highest BCUT2D eigenvalue weighted by Gasteiger charge is 2.17. The summed E-state index contributed by atoms with van der Waals surface area (Å²) >= 11 is 5.97. The van der Waals surface area contributed by atoms with Gasteiger partial charge in [0.1, 0.15) is 5.75 Å². The Hall–Kier alpha value is -1.42. The van der Waals surface area contributed by atoms with Crippen LogP contribution in [0.2, 0.25) is 5.02 Å². The van der Waals surface area contributed by atoms with Crippen molar-refractivity contribution in [1.82, 2.24) is 5.32 Å². The third-order valence-electron chi connectivity index (χ3n) is 2.63. The number of nitrogens with two attached hydrogens (primary N) is 1. The van der Waals surface area contributed by atoms with Gasteiger partial charge in [-0.15, -0.1) is 0 Å². The standard InChI is InChI=1S/C13H19ClN2O2/c1-4-8(2)16-13(17)9(3)18-12-7-10(15)5-6-11(12)14/h5-9H,4,15H2,1-3H3,(H,16,17). The van der Waals surface area contributed by atoms with E-state index in [1.807, 2.05) is 13.8 Å². The van der Waals surface area contributed by atoms with Gasteiger partial charge in [-0.05, 0) is 32.4 Å². The van der Waals surface area contributed by atoms with Gasteiger partial charge in [0.25, 0.3) is 5.91 Å². The van der Waals surface area contributed by atoms with E-state index >= 15 is 0 Å². The first-order valence-electron chi connectivity index (χ1n) is 5.96. The van der Waals surface area contributed by atoms with E-state index in [2.05, 4.69) is 5.32 Å². The zero-order valence-electron chi connectivity index (χ0n) is 10.9. The van der Waals surface area contributed by atoms with Crippen molar-refractivity contribution >= 4 is 23.2 Å². The van der Waals surface area contributed by atoms with Gasteiger partial charge in [0, 0.05) is 17.8 Å². The Balaban J connectivity index is 2.66.